The van der Waals surface area contributed by atoms with E-state index in [-0.39, 0.29) is 0 Å². The zero-order valence-corrected chi connectivity index (χ0v) is 13.0. The number of rotatable bonds is 4. The number of aromatic nitrogens is 4. The molecule has 0 atom stereocenters. The van der Waals surface area contributed by atoms with Gasteiger partial charge in [-0.05, 0) is 40.6 Å². The van der Waals surface area contributed by atoms with Crippen LogP contribution in [-0.2, 0) is 5.75 Å². The van der Waals surface area contributed by atoms with Crippen LogP contribution in [0.5, 0.6) is 0 Å². The molecule has 106 valence electrons. The van der Waals surface area contributed by atoms with E-state index in [4.69, 9.17) is 11.6 Å². The van der Waals surface area contributed by atoms with Crippen LogP contribution in [-0.4, -0.2) is 20.2 Å². The van der Waals surface area contributed by atoms with E-state index in [1.54, 1.807) is 16.4 Å². The first-order valence-corrected chi connectivity index (χ1v) is 7.82. The molecule has 1 heterocycles. The summed E-state index contributed by atoms with van der Waals surface area (Å²) in [6.07, 6.45) is 0. The van der Waals surface area contributed by atoms with Gasteiger partial charge in [-0.2, -0.15) is 4.68 Å². The topological polar surface area (TPSA) is 43.6 Å². The monoisotopic (exact) mass is 316 g/mol. The Morgan fingerprint density at radius 1 is 1.10 bits per heavy atom. The molecule has 0 bridgehead atoms. The van der Waals surface area contributed by atoms with E-state index >= 15 is 0 Å². The van der Waals surface area contributed by atoms with Crippen LogP contribution in [0, 0.1) is 6.92 Å². The van der Waals surface area contributed by atoms with Crippen molar-refractivity contribution >= 4 is 23.4 Å². The molecule has 0 aliphatic carbocycles. The molecule has 0 unspecified atom stereocenters. The summed E-state index contributed by atoms with van der Waals surface area (Å²) in [5, 5.41) is 13.5. The summed E-state index contributed by atoms with van der Waals surface area (Å²) in [6, 6.07) is 15.8. The highest BCUT2D eigenvalue weighted by Gasteiger charge is 2.11. The third-order valence-electron chi connectivity index (χ3n) is 3.10. The van der Waals surface area contributed by atoms with Crippen molar-refractivity contribution in [3.05, 3.63) is 64.7 Å². The minimum atomic E-state index is 0.728. The predicted octanol–water partition coefficient (Wildman–Crippen LogP) is 3.92. The van der Waals surface area contributed by atoms with E-state index in [0.717, 1.165) is 32.7 Å². The smallest absolute Gasteiger partial charge is 0.187 e. The lowest BCUT2D eigenvalue weighted by atomic mass is 10.2. The number of thioether (sulfide) groups is 1. The summed E-state index contributed by atoms with van der Waals surface area (Å²) >= 11 is 7.74. The molecule has 0 amide bonds. The first-order valence-electron chi connectivity index (χ1n) is 6.46. The number of benzene rings is 2. The lowest BCUT2D eigenvalue weighted by molar-refractivity contribution is 0.752. The van der Waals surface area contributed by atoms with Gasteiger partial charge in [0, 0.05) is 10.8 Å². The molecule has 0 N–H and O–H groups in total. The molecule has 1 aromatic heterocycles. The van der Waals surface area contributed by atoms with Crippen LogP contribution in [0.25, 0.3) is 5.69 Å². The van der Waals surface area contributed by atoms with Crippen LogP contribution in [0.15, 0.2) is 53.7 Å². The lowest BCUT2D eigenvalue weighted by Crippen LogP contribution is -2.01. The van der Waals surface area contributed by atoms with Crippen LogP contribution in [0.2, 0.25) is 5.02 Å². The first kappa shape index (κ1) is 14.1. The van der Waals surface area contributed by atoms with Gasteiger partial charge in [0.2, 0.25) is 5.16 Å². The molecule has 3 rings (SSSR count). The Bertz CT molecular complexity index is 757. The molecular formula is C15H13ClN4S. The van der Waals surface area contributed by atoms with Crippen molar-refractivity contribution in [2.24, 2.45) is 0 Å². The summed E-state index contributed by atoms with van der Waals surface area (Å²) in [6.45, 7) is 2.04. The van der Waals surface area contributed by atoms with Gasteiger partial charge < -0.3 is 0 Å². The maximum atomic E-state index is 6.17. The molecule has 2 aromatic carbocycles. The molecule has 0 saturated carbocycles. The van der Waals surface area contributed by atoms with Crippen LogP contribution < -0.4 is 0 Å². The quantitative estimate of drug-likeness (QED) is 0.684. The number of tetrazole rings is 1. The second kappa shape index (κ2) is 6.28. The largest absolute Gasteiger partial charge is 0.214 e. The third kappa shape index (κ3) is 3.09. The predicted molar refractivity (Wildman–Crippen MR) is 84.9 cm³/mol. The normalized spacial score (nSPS) is 10.8. The Morgan fingerprint density at radius 3 is 2.67 bits per heavy atom. The summed E-state index contributed by atoms with van der Waals surface area (Å²) in [4.78, 5) is 0. The second-order valence-corrected chi connectivity index (χ2v) is 5.89. The summed E-state index contributed by atoms with van der Waals surface area (Å²) in [5.41, 5.74) is 3.19. The zero-order valence-electron chi connectivity index (χ0n) is 11.4. The van der Waals surface area contributed by atoms with Gasteiger partial charge in [0.05, 0.1) is 5.69 Å². The average molecular weight is 317 g/mol. The fourth-order valence-electron chi connectivity index (χ4n) is 1.98. The molecule has 0 radical (unpaired) electrons. The van der Waals surface area contributed by atoms with Crippen molar-refractivity contribution < 1.29 is 0 Å². The lowest BCUT2D eigenvalue weighted by Gasteiger charge is -2.07. The van der Waals surface area contributed by atoms with Gasteiger partial charge >= 0.3 is 0 Å². The van der Waals surface area contributed by atoms with Crippen LogP contribution >= 0.6 is 23.4 Å². The van der Waals surface area contributed by atoms with Gasteiger partial charge in [0.25, 0.3) is 0 Å². The third-order valence-corrected chi connectivity index (χ3v) is 4.44. The molecular weight excluding hydrogens is 304 g/mol. The highest BCUT2D eigenvalue weighted by Crippen LogP contribution is 2.26. The van der Waals surface area contributed by atoms with Crippen molar-refractivity contribution in [2.75, 3.05) is 0 Å². The average Bonchev–Trinajstić information content (AvgIpc) is 2.95. The Balaban J connectivity index is 1.84. The van der Waals surface area contributed by atoms with E-state index in [2.05, 4.69) is 15.5 Å². The Labute approximate surface area is 132 Å². The minimum absolute atomic E-state index is 0.728. The molecule has 3 aromatic rings. The highest BCUT2D eigenvalue weighted by molar-refractivity contribution is 7.98. The van der Waals surface area contributed by atoms with E-state index < -0.39 is 0 Å². The summed E-state index contributed by atoms with van der Waals surface area (Å²) in [5.74, 6) is 0.728. The number of hydrogen-bond donors (Lipinski definition) is 0. The number of aryl methyl sites for hydroxylation is 1. The Hall–Kier alpha value is -1.85. The van der Waals surface area contributed by atoms with Crippen LogP contribution in [0.4, 0.5) is 0 Å². The molecule has 0 saturated heterocycles. The zero-order chi connectivity index (χ0) is 14.7. The molecule has 0 aliphatic rings. The Kier molecular flexibility index (Phi) is 4.22. The highest BCUT2D eigenvalue weighted by atomic mass is 35.5. The molecule has 4 nitrogen and oxygen atoms in total. The fraction of sp³-hybridized carbons (Fsp3) is 0.133. The maximum absolute atomic E-state index is 6.17. The van der Waals surface area contributed by atoms with Gasteiger partial charge in [-0.25, -0.2) is 0 Å². The summed E-state index contributed by atoms with van der Waals surface area (Å²) < 4.78 is 1.76. The van der Waals surface area contributed by atoms with E-state index in [9.17, 15) is 0 Å². The van der Waals surface area contributed by atoms with Crippen molar-refractivity contribution in [2.45, 2.75) is 17.8 Å². The van der Waals surface area contributed by atoms with Crippen molar-refractivity contribution in [3.63, 3.8) is 0 Å². The van der Waals surface area contributed by atoms with Crippen molar-refractivity contribution in [3.8, 4) is 5.69 Å². The Morgan fingerprint density at radius 2 is 1.86 bits per heavy atom. The van der Waals surface area contributed by atoms with Gasteiger partial charge in [0.15, 0.2) is 0 Å². The number of hydrogen-bond acceptors (Lipinski definition) is 4. The molecule has 21 heavy (non-hydrogen) atoms. The van der Waals surface area contributed by atoms with Gasteiger partial charge in [-0.15, -0.1) is 5.10 Å². The van der Waals surface area contributed by atoms with Gasteiger partial charge in [-0.1, -0.05) is 59.8 Å². The van der Waals surface area contributed by atoms with E-state index in [1.807, 2.05) is 55.5 Å². The van der Waals surface area contributed by atoms with E-state index in [1.165, 1.54) is 0 Å². The molecule has 6 heteroatoms. The van der Waals surface area contributed by atoms with Gasteiger partial charge in [-0.3, -0.25) is 0 Å². The fourth-order valence-corrected chi connectivity index (χ4v) is 3.15. The first-order chi connectivity index (χ1) is 10.3. The number of para-hydroxylation sites is 1. The molecule has 0 spiro atoms. The standard InChI is InChI=1S/C15H13ClN4S/c1-11-6-2-5-9-14(11)20-15(17-18-19-20)21-10-12-7-3-4-8-13(12)16/h2-9H,10H2,1H3. The number of nitrogens with zero attached hydrogens (tertiary/aromatic N) is 4. The number of halogens is 1. The second-order valence-electron chi connectivity index (χ2n) is 4.54. The van der Waals surface area contributed by atoms with Crippen molar-refractivity contribution in [1.29, 1.82) is 0 Å². The maximum Gasteiger partial charge on any atom is 0.214 e. The minimum Gasteiger partial charge on any atom is -0.187 e. The van der Waals surface area contributed by atoms with Gasteiger partial charge in [0.1, 0.15) is 0 Å². The molecule has 0 fully saturated rings. The van der Waals surface area contributed by atoms with Crippen molar-refractivity contribution in [1.82, 2.24) is 20.2 Å². The van der Waals surface area contributed by atoms with E-state index in [0.29, 0.717) is 0 Å². The molecule has 0 aliphatic heterocycles. The van der Waals surface area contributed by atoms with Crippen LogP contribution in [0.3, 0.4) is 0 Å². The SMILES string of the molecule is Cc1ccccc1-n1nnnc1SCc1ccccc1Cl. The van der Waals surface area contributed by atoms with Crippen LogP contribution in [0.1, 0.15) is 11.1 Å². The summed E-state index contributed by atoms with van der Waals surface area (Å²) in [7, 11) is 0.